The summed E-state index contributed by atoms with van der Waals surface area (Å²) in [5, 5.41) is 14.7. The number of furan rings is 1. The van der Waals surface area contributed by atoms with Gasteiger partial charge in [-0.15, -0.1) is 0 Å². The molecule has 1 aromatic rings. The molecular weight excluding hydrogens is 134 g/mol. The number of carboxylic acids is 1. The molecule has 0 bridgehead atoms. The van der Waals surface area contributed by atoms with Crippen molar-refractivity contribution in [1.29, 1.82) is 5.26 Å². The number of nitriles is 1. The first-order valence-electron chi connectivity index (χ1n) is 2.33. The Morgan fingerprint density at radius 3 is 2.50 bits per heavy atom. The molecule has 1 aromatic heterocycles. The maximum Gasteiger partial charge on any atom is 0.371 e. The molecule has 0 aliphatic rings. The topological polar surface area (TPSA) is 74.2 Å². The summed E-state index contributed by atoms with van der Waals surface area (Å²) in [4.78, 5) is 9.97. The molecule has 0 radical (unpaired) electrons. The predicted octanol–water partition coefficient (Wildman–Crippen LogP) is 1.12. The lowest BCUT2D eigenvalue weighted by atomic mass is 10.5. The Labute approximate surface area is 57.3 Å². The fraction of sp³-hybridized carbons (Fsp3) is 0. The van der Waals surface area contributed by atoms with Crippen molar-refractivity contribution in [3.63, 3.8) is 0 Å². The van der Waals surface area contributed by atoms with E-state index in [1.807, 2.05) is 0 Å². The van der Waals surface area contributed by atoms with E-state index in [0.29, 0.717) is 0 Å². The van der Waals surface area contributed by atoms with Crippen LogP contribution in [0.5, 0.6) is 0 Å². The number of carbonyl (C=O) groups is 1. The molecule has 4 heteroatoms. The van der Waals surface area contributed by atoms with Gasteiger partial charge in [-0.3, -0.25) is 0 Å². The van der Waals surface area contributed by atoms with E-state index in [1.165, 1.54) is 18.4 Å². The van der Waals surface area contributed by atoms with Crippen LogP contribution >= 0.6 is 0 Å². The zero-order valence-corrected chi connectivity index (χ0v) is 5.02. The highest BCUT2D eigenvalue weighted by atomic mass is 16.4. The fourth-order valence-electron chi connectivity index (χ4n) is 0.400. The normalized spacial score (nSPS) is 7.40. The summed E-state index contributed by atoms with van der Waals surface area (Å²) < 4.78 is 4.50. The van der Waals surface area contributed by atoms with Gasteiger partial charge in [-0.1, -0.05) is 0 Å². The van der Waals surface area contributed by atoms with Gasteiger partial charge in [0.25, 0.3) is 0 Å². The molecule has 0 fully saturated rings. The Hall–Kier alpha value is -1.76. The molecule has 0 saturated carbocycles. The van der Waals surface area contributed by atoms with E-state index in [4.69, 9.17) is 10.4 Å². The van der Waals surface area contributed by atoms with Gasteiger partial charge in [-0.25, -0.2) is 10.1 Å². The van der Waals surface area contributed by atoms with Crippen LogP contribution in [-0.4, -0.2) is 11.1 Å². The molecule has 1 N–H and O–H groups in total. The van der Waals surface area contributed by atoms with Crippen molar-refractivity contribution < 1.29 is 14.3 Å². The third kappa shape index (κ3) is 2.01. The zero-order valence-electron chi connectivity index (χ0n) is 5.02. The number of nitrogens with zero attached hydrogens (tertiary/aromatic N) is 1. The molecule has 1 rings (SSSR count). The quantitative estimate of drug-likeness (QED) is 0.632. The first-order valence-corrected chi connectivity index (χ1v) is 2.33. The van der Waals surface area contributed by atoms with E-state index in [9.17, 15) is 4.79 Å². The summed E-state index contributed by atoms with van der Waals surface area (Å²) in [6.07, 6.45) is 1.32. The second kappa shape index (κ2) is 4.15. The Morgan fingerprint density at radius 1 is 1.70 bits per heavy atom. The van der Waals surface area contributed by atoms with Gasteiger partial charge in [-0.05, 0) is 12.1 Å². The molecule has 0 saturated heterocycles. The second-order valence-electron chi connectivity index (χ2n) is 1.28. The van der Waals surface area contributed by atoms with Gasteiger partial charge in [-0.2, -0.15) is 0 Å². The van der Waals surface area contributed by atoms with Gasteiger partial charge in [0.15, 0.2) is 0 Å². The van der Waals surface area contributed by atoms with Crippen LogP contribution in [0, 0.1) is 11.8 Å². The fourth-order valence-corrected chi connectivity index (χ4v) is 0.400. The van der Waals surface area contributed by atoms with Crippen LogP contribution in [-0.2, 0) is 0 Å². The van der Waals surface area contributed by atoms with E-state index in [-0.39, 0.29) is 5.76 Å². The van der Waals surface area contributed by atoms with Crippen molar-refractivity contribution in [3.05, 3.63) is 24.2 Å². The third-order valence-electron chi connectivity index (χ3n) is 0.732. The molecule has 0 aliphatic heterocycles. The molecule has 0 unspecified atom stereocenters. The van der Waals surface area contributed by atoms with E-state index < -0.39 is 5.97 Å². The summed E-state index contributed by atoms with van der Waals surface area (Å²) in [6, 6.07) is 2.92. The van der Waals surface area contributed by atoms with Crippen LogP contribution < -0.4 is 0 Å². The molecule has 0 amide bonds. The highest BCUT2D eigenvalue weighted by Gasteiger charge is 2.01. The average molecular weight is 139 g/mol. The Balaban J connectivity index is 0.000000371. The standard InChI is InChI=1S/C5H4O3.CHN/c6-5(7)4-2-1-3-8-4;1-2/h1-3H,(H,6,7);1H. The van der Waals surface area contributed by atoms with Crippen molar-refractivity contribution in [1.82, 2.24) is 0 Å². The molecule has 10 heavy (non-hydrogen) atoms. The van der Waals surface area contributed by atoms with Crippen LogP contribution in [0.25, 0.3) is 0 Å². The summed E-state index contributed by atoms with van der Waals surface area (Å²) >= 11 is 0. The van der Waals surface area contributed by atoms with Crippen molar-refractivity contribution in [2.45, 2.75) is 0 Å². The van der Waals surface area contributed by atoms with Crippen LogP contribution in [0.15, 0.2) is 22.8 Å². The van der Waals surface area contributed by atoms with E-state index in [0.717, 1.165) is 0 Å². The smallest absolute Gasteiger partial charge is 0.371 e. The van der Waals surface area contributed by atoms with Crippen LogP contribution in [0.3, 0.4) is 0 Å². The predicted molar refractivity (Wildman–Crippen MR) is 32.3 cm³/mol. The first-order chi connectivity index (χ1) is 4.80. The summed E-state index contributed by atoms with van der Waals surface area (Å²) in [5.41, 5.74) is 0. The largest absolute Gasteiger partial charge is 0.475 e. The zero-order chi connectivity index (χ0) is 7.98. The minimum absolute atomic E-state index is 0.0231. The molecule has 0 atom stereocenters. The molecule has 0 aromatic carbocycles. The van der Waals surface area contributed by atoms with Gasteiger partial charge in [0.05, 0.1) is 6.26 Å². The van der Waals surface area contributed by atoms with Crippen molar-refractivity contribution >= 4 is 5.97 Å². The number of hydrogen-bond acceptors (Lipinski definition) is 3. The van der Waals surface area contributed by atoms with E-state index in [2.05, 4.69) is 11.0 Å². The van der Waals surface area contributed by atoms with Crippen molar-refractivity contribution in [3.8, 4) is 6.57 Å². The Morgan fingerprint density at radius 2 is 2.30 bits per heavy atom. The van der Waals surface area contributed by atoms with Crippen molar-refractivity contribution in [2.75, 3.05) is 0 Å². The number of rotatable bonds is 1. The number of carboxylic acid groups (broad SMARTS) is 1. The van der Waals surface area contributed by atoms with Gasteiger partial charge in [0.2, 0.25) is 5.76 Å². The maximum absolute atomic E-state index is 9.97. The Bertz CT molecular complexity index is 212. The van der Waals surface area contributed by atoms with Crippen molar-refractivity contribution in [2.24, 2.45) is 0 Å². The van der Waals surface area contributed by atoms with E-state index in [1.54, 1.807) is 0 Å². The van der Waals surface area contributed by atoms with Gasteiger partial charge < -0.3 is 9.52 Å². The highest BCUT2D eigenvalue weighted by Crippen LogP contribution is 1.97. The minimum Gasteiger partial charge on any atom is -0.475 e. The minimum atomic E-state index is -1.03. The second-order valence-corrected chi connectivity index (χ2v) is 1.28. The average Bonchev–Trinajstić information content (AvgIpc) is 2.42. The molecular formula is C6H5NO3. The summed E-state index contributed by atoms with van der Waals surface area (Å²) in [5.74, 6) is -1.06. The van der Waals surface area contributed by atoms with Gasteiger partial charge in [0.1, 0.15) is 0 Å². The molecule has 0 aliphatic carbocycles. The molecule has 0 spiro atoms. The number of hydrogen-bond donors (Lipinski definition) is 1. The molecule has 1 heterocycles. The summed E-state index contributed by atoms with van der Waals surface area (Å²) in [6.45, 7) is 3.50. The number of aromatic carboxylic acids is 1. The van der Waals surface area contributed by atoms with Crippen LogP contribution in [0.1, 0.15) is 10.6 Å². The molecule has 52 valence electrons. The lowest BCUT2D eigenvalue weighted by molar-refractivity contribution is 0.0662. The highest BCUT2D eigenvalue weighted by molar-refractivity contribution is 5.84. The SMILES string of the molecule is C#N.O=C(O)c1ccco1. The Kier molecular flexibility index (Phi) is 3.42. The maximum atomic E-state index is 9.97. The lowest BCUT2D eigenvalue weighted by Crippen LogP contribution is -1.90. The van der Waals surface area contributed by atoms with Gasteiger partial charge >= 0.3 is 5.97 Å². The monoisotopic (exact) mass is 139 g/mol. The molecule has 4 nitrogen and oxygen atoms in total. The first kappa shape index (κ1) is 8.24. The lowest BCUT2D eigenvalue weighted by Gasteiger charge is -1.79. The van der Waals surface area contributed by atoms with Crippen LogP contribution in [0.4, 0.5) is 0 Å². The third-order valence-corrected chi connectivity index (χ3v) is 0.732. The van der Waals surface area contributed by atoms with Crippen LogP contribution in [0.2, 0.25) is 0 Å². The van der Waals surface area contributed by atoms with Gasteiger partial charge in [0, 0.05) is 6.57 Å². The summed E-state index contributed by atoms with van der Waals surface area (Å²) in [7, 11) is 0. The van der Waals surface area contributed by atoms with E-state index >= 15 is 0 Å².